The first-order chi connectivity index (χ1) is 8.98. The molecule has 1 rings (SSSR count). The highest BCUT2D eigenvalue weighted by Gasteiger charge is 2.28. The van der Waals surface area contributed by atoms with E-state index in [0.717, 1.165) is 24.9 Å². The molecule has 0 aromatic heterocycles. The van der Waals surface area contributed by atoms with E-state index in [0.29, 0.717) is 12.5 Å². The number of nitrogens with two attached hydrogens (primary N) is 1. The van der Waals surface area contributed by atoms with Crippen LogP contribution in [0.4, 0.5) is 0 Å². The first kappa shape index (κ1) is 15.7. The molecule has 1 amide bonds. The summed E-state index contributed by atoms with van der Waals surface area (Å²) in [5, 5.41) is 3.02. The van der Waals surface area contributed by atoms with Crippen molar-refractivity contribution in [3.05, 3.63) is 35.9 Å². The molecule has 0 aliphatic heterocycles. The Balaban J connectivity index is 2.45. The number of hydrogen-bond acceptors (Lipinski definition) is 2. The number of carbonyl (C=O) groups excluding carboxylic acids is 1. The molecule has 3 N–H and O–H groups in total. The Labute approximate surface area is 116 Å². The van der Waals surface area contributed by atoms with Crippen molar-refractivity contribution in [3.63, 3.8) is 0 Å². The number of rotatable bonds is 7. The number of nitrogens with one attached hydrogen (secondary N) is 1. The van der Waals surface area contributed by atoms with Gasteiger partial charge in [-0.3, -0.25) is 4.79 Å². The maximum Gasteiger partial charge on any atom is 0.230 e. The van der Waals surface area contributed by atoms with E-state index < -0.39 is 5.41 Å². The van der Waals surface area contributed by atoms with Gasteiger partial charge in [0.05, 0.1) is 5.41 Å². The smallest absolute Gasteiger partial charge is 0.230 e. The third-order valence-electron chi connectivity index (χ3n) is 3.62. The molecule has 0 heterocycles. The van der Waals surface area contributed by atoms with Gasteiger partial charge in [-0.1, -0.05) is 37.3 Å². The molecule has 0 aliphatic carbocycles. The molecule has 1 aromatic carbocycles. The maximum atomic E-state index is 12.2. The quantitative estimate of drug-likeness (QED) is 0.742. The average molecular weight is 262 g/mol. The lowest BCUT2D eigenvalue weighted by atomic mass is 9.84. The van der Waals surface area contributed by atoms with E-state index in [2.05, 4.69) is 12.2 Å². The van der Waals surface area contributed by atoms with Gasteiger partial charge in [-0.25, -0.2) is 0 Å². The number of carbonyl (C=O) groups is 1. The van der Waals surface area contributed by atoms with Gasteiger partial charge in [-0.15, -0.1) is 0 Å². The minimum atomic E-state index is -0.485. The minimum Gasteiger partial charge on any atom is -0.355 e. The Kier molecular flexibility index (Phi) is 6.03. The fourth-order valence-corrected chi connectivity index (χ4v) is 1.98. The summed E-state index contributed by atoms with van der Waals surface area (Å²) in [6.45, 7) is 7.49. The highest BCUT2D eigenvalue weighted by molar-refractivity contribution is 5.87. The Morgan fingerprint density at radius 2 is 1.95 bits per heavy atom. The molecule has 19 heavy (non-hydrogen) atoms. The van der Waals surface area contributed by atoms with Gasteiger partial charge in [0.15, 0.2) is 0 Å². The summed E-state index contributed by atoms with van der Waals surface area (Å²) in [6.07, 6.45) is 2.04. The lowest BCUT2D eigenvalue weighted by molar-refractivity contribution is -0.125. The van der Waals surface area contributed by atoms with Crippen LogP contribution in [0.5, 0.6) is 0 Å². The topological polar surface area (TPSA) is 55.1 Å². The summed E-state index contributed by atoms with van der Waals surface area (Å²) in [7, 11) is 0. The highest BCUT2D eigenvalue weighted by Crippen LogP contribution is 2.22. The largest absolute Gasteiger partial charge is 0.355 e. The number of benzene rings is 1. The molecule has 0 spiro atoms. The molecule has 3 heteroatoms. The third kappa shape index (κ3) is 4.67. The lowest BCUT2D eigenvalue weighted by Crippen LogP contribution is -2.40. The summed E-state index contributed by atoms with van der Waals surface area (Å²) in [4.78, 5) is 12.2. The van der Waals surface area contributed by atoms with Crippen molar-refractivity contribution in [2.75, 3.05) is 13.1 Å². The number of amides is 1. The zero-order valence-corrected chi connectivity index (χ0v) is 12.3. The van der Waals surface area contributed by atoms with E-state index >= 15 is 0 Å². The third-order valence-corrected chi connectivity index (χ3v) is 3.62. The number of hydrogen-bond donors (Lipinski definition) is 2. The van der Waals surface area contributed by atoms with Gasteiger partial charge in [0.2, 0.25) is 5.91 Å². The fourth-order valence-electron chi connectivity index (χ4n) is 1.98. The molecule has 106 valence electrons. The van der Waals surface area contributed by atoms with Crippen molar-refractivity contribution in [3.8, 4) is 0 Å². The summed E-state index contributed by atoms with van der Waals surface area (Å²) in [6, 6.07) is 9.89. The van der Waals surface area contributed by atoms with E-state index in [1.165, 1.54) is 0 Å². The second-order valence-corrected chi connectivity index (χ2v) is 5.73. The van der Waals surface area contributed by atoms with Crippen molar-refractivity contribution >= 4 is 5.91 Å². The van der Waals surface area contributed by atoms with Gasteiger partial charge in [0.25, 0.3) is 0 Å². The van der Waals surface area contributed by atoms with E-state index in [4.69, 9.17) is 5.73 Å². The summed E-state index contributed by atoms with van der Waals surface area (Å²) >= 11 is 0. The molecule has 1 unspecified atom stereocenters. The molecule has 0 bridgehead atoms. The fraction of sp³-hybridized carbons (Fsp3) is 0.562. The van der Waals surface area contributed by atoms with Crippen LogP contribution in [-0.4, -0.2) is 19.0 Å². The SMILES string of the molecule is CC(CN)CCCNC(=O)C(C)(C)c1ccccc1. The van der Waals surface area contributed by atoms with Crippen molar-refractivity contribution in [2.45, 2.75) is 39.0 Å². The van der Waals surface area contributed by atoms with E-state index in [1.807, 2.05) is 44.2 Å². The monoisotopic (exact) mass is 262 g/mol. The summed E-state index contributed by atoms with van der Waals surface area (Å²) < 4.78 is 0. The van der Waals surface area contributed by atoms with Crippen molar-refractivity contribution in [1.82, 2.24) is 5.32 Å². The molecule has 1 aromatic rings. The predicted octanol–water partition coefficient (Wildman–Crippen LogP) is 2.46. The van der Waals surface area contributed by atoms with E-state index in [9.17, 15) is 4.79 Å². The van der Waals surface area contributed by atoms with E-state index in [1.54, 1.807) is 0 Å². The molecule has 0 aliphatic rings. The lowest BCUT2D eigenvalue weighted by Gasteiger charge is -2.24. The second kappa shape index (κ2) is 7.29. The van der Waals surface area contributed by atoms with Crippen LogP contribution in [0.3, 0.4) is 0 Å². The average Bonchev–Trinajstić information content (AvgIpc) is 2.43. The van der Waals surface area contributed by atoms with Gasteiger partial charge in [0, 0.05) is 6.54 Å². The molecule has 3 nitrogen and oxygen atoms in total. The molecular weight excluding hydrogens is 236 g/mol. The van der Waals surface area contributed by atoms with Crippen LogP contribution < -0.4 is 11.1 Å². The van der Waals surface area contributed by atoms with Gasteiger partial charge in [-0.05, 0) is 44.7 Å². The van der Waals surface area contributed by atoms with Crippen molar-refractivity contribution in [2.24, 2.45) is 11.7 Å². The van der Waals surface area contributed by atoms with Crippen molar-refractivity contribution < 1.29 is 4.79 Å². The van der Waals surface area contributed by atoms with Gasteiger partial charge in [0.1, 0.15) is 0 Å². The van der Waals surface area contributed by atoms with Crippen LogP contribution in [0.1, 0.15) is 39.2 Å². The molecule has 1 atom stereocenters. The van der Waals surface area contributed by atoms with Crippen LogP contribution >= 0.6 is 0 Å². The highest BCUT2D eigenvalue weighted by atomic mass is 16.2. The Bertz CT molecular complexity index is 387. The maximum absolute atomic E-state index is 12.2. The molecule has 0 saturated carbocycles. The standard InChI is InChI=1S/C16H26N2O/c1-13(12-17)8-7-11-18-15(19)16(2,3)14-9-5-4-6-10-14/h4-6,9-10,13H,7-8,11-12,17H2,1-3H3,(H,18,19). The van der Waals surface area contributed by atoms with Gasteiger partial charge in [-0.2, -0.15) is 0 Å². The van der Waals surface area contributed by atoms with Crippen LogP contribution in [0.25, 0.3) is 0 Å². The molecule has 0 saturated heterocycles. The molecular formula is C16H26N2O. The summed E-state index contributed by atoms with van der Waals surface area (Å²) in [5.74, 6) is 0.609. The van der Waals surface area contributed by atoms with Gasteiger partial charge < -0.3 is 11.1 Å². The predicted molar refractivity (Wildman–Crippen MR) is 79.9 cm³/mol. The van der Waals surface area contributed by atoms with Crippen LogP contribution in [0, 0.1) is 5.92 Å². The second-order valence-electron chi connectivity index (χ2n) is 5.73. The Hall–Kier alpha value is -1.35. The van der Waals surface area contributed by atoms with Crippen LogP contribution in [0.2, 0.25) is 0 Å². The molecule has 0 fully saturated rings. The Morgan fingerprint density at radius 3 is 2.53 bits per heavy atom. The first-order valence-corrected chi connectivity index (χ1v) is 7.02. The van der Waals surface area contributed by atoms with Crippen LogP contribution in [-0.2, 0) is 10.2 Å². The minimum absolute atomic E-state index is 0.0825. The zero-order chi connectivity index (χ0) is 14.3. The molecule has 0 radical (unpaired) electrons. The normalized spacial score (nSPS) is 13.1. The van der Waals surface area contributed by atoms with Gasteiger partial charge >= 0.3 is 0 Å². The summed E-state index contributed by atoms with van der Waals surface area (Å²) in [5.41, 5.74) is 6.13. The van der Waals surface area contributed by atoms with E-state index in [-0.39, 0.29) is 5.91 Å². The first-order valence-electron chi connectivity index (χ1n) is 7.02. The Morgan fingerprint density at radius 1 is 1.32 bits per heavy atom. The van der Waals surface area contributed by atoms with Crippen LogP contribution in [0.15, 0.2) is 30.3 Å². The zero-order valence-electron chi connectivity index (χ0n) is 12.3. The van der Waals surface area contributed by atoms with Crippen molar-refractivity contribution in [1.29, 1.82) is 0 Å².